The molecule has 0 spiro atoms. The van der Waals surface area contributed by atoms with Crippen LogP contribution >= 0.6 is 0 Å². The van der Waals surface area contributed by atoms with Gasteiger partial charge in [-0.1, -0.05) is 55.5 Å². The lowest BCUT2D eigenvalue weighted by atomic mass is 9.96. The van der Waals surface area contributed by atoms with Gasteiger partial charge in [0.15, 0.2) is 6.10 Å². The van der Waals surface area contributed by atoms with Gasteiger partial charge in [0.25, 0.3) is 5.91 Å². The van der Waals surface area contributed by atoms with E-state index in [1.54, 1.807) is 24.3 Å². The highest BCUT2D eigenvalue weighted by atomic mass is 16.5. The normalized spacial score (nSPS) is 12.9. The summed E-state index contributed by atoms with van der Waals surface area (Å²) in [6.07, 6.45) is -0.106. The van der Waals surface area contributed by atoms with Crippen molar-refractivity contribution in [3.05, 3.63) is 82.1 Å². The number of H-pyrrole nitrogens is 1. The Labute approximate surface area is 168 Å². The van der Waals surface area contributed by atoms with E-state index in [0.717, 1.165) is 12.0 Å². The van der Waals surface area contributed by atoms with Crippen LogP contribution < -0.4 is 10.9 Å². The topological polar surface area (TPSA) is 88.3 Å². The van der Waals surface area contributed by atoms with Crippen LogP contribution in [0.2, 0.25) is 0 Å². The zero-order chi connectivity index (χ0) is 20.8. The van der Waals surface area contributed by atoms with Crippen LogP contribution in [0.15, 0.2) is 65.5 Å². The van der Waals surface area contributed by atoms with E-state index in [4.69, 9.17) is 4.74 Å². The Morgan fingerprint density at radius 3 is 2.48 bits per heavy atom. The minimum absolute atomic E-state index is 0.139. The summed E-state index contributed by atoms with van der Waals surface area (Å²) in [5.41, 5.74) is 1.42. The fraction of sp³-hybridized carbons (Fsp3) is 0.261. The minimum atomic E-state index is -0.978. The van der Waals surface area contributed by atoms with E-state index in [0.29, 0.717) is 17.4 Å². The Hall–Kier alpha value is -3.41. The van der Waals surface area contributed by atoms with E-state index in [2.05, 4.69) is 17.2 Å². The van der Waals surface area contributed by atoms with Gasteiger partial charge in [-0.2, -0.15) is 0 Å². The van der Waals surface area contributed by atoms with Gasteiger partial charge >= 0.3 is 5.97 Å². The molecule has 0 fully saturated rings. The summed E-state index contributed by atoms with van der Waals surface area (Å²) in [5.74, 6) is -0.897. The largest absolute Gasteiger partial charge is 0.449 e. The molecule has 0 saturated carbocycles. The molecule has 0 radical (unpaired) electrons. The lowest BCUT2D eigenvalue weighted by Crippen LogP contribution is -2.38. The number of fused-ring (bicyclic) bond motifs is 1. The molecule has 6 heteroatoms. The molecule has 0 bridgehead atoms. The number of para-hydroxylation sites is 1. The van der Waals surface area contributed by atoms with Crippen LogP contribution in [0.25, 0.3) is 10.9 Å². The van der Waals surface area contributed by atoms with E-state index in [-0.39, 0.29) is 17.4 Å². The number of carbonyl (C=O) groups excluding carboxylic acids is 2. The Kier molecular flexibility index (Phi) is 6.44. The predicted octanol–water partition coefficient (Wildman–Crippen LogP) is 3.38. The second-order valence-electron chi connectivity index (χ2n) is 6.90. The Morgan fingerprint density at radius 1 is 1.07 bits per heavy atom. The molecule has 0 aliphatic carbocycles. The first-order chi connectivity index (χ1) is 14.0. The highest BCUT2D eigenvalue weighted by molar-refractivity contribution is 6.03. The number of amides is 1. The maximum absolute atomic E-state index is 12.6. The second-order valence-corrected chi connectivity index (χ2v) is 6.90. The number of hydrogen-bond donors (Lipinski definition) is 2. The van der Waals surface area contributed by atoms with E-state index < -0.39 is 17.6 Å². The number of ether oxygens (including phenoxy) is 1. The predicted molar refractivity (Wildman–Crippen MR) is 112 cm³/mol. The summed E-state index contributed by atoms with van der Waals surface area (Å²) in [4.78, 5) is 39.5. The van der Waals surface area contributed by atoms with Crippen LogP contribution in [0.3, 0.4) is 0 Å². The molecule has 3 aromatic rings. The third kappa shape index (κ3) is 4.90. The van der Waals surface area contributed by atoms with Crippen LogP contribution in [-0.2, 0) is 9.53 Å². The van der Waals surface area contributed by atoms with Crippen LogP contribution in [0.4, 0.5) is 0 Å². The first-order valence-corrected chi connectivity index (χ1v) is 9.65. The summed E-state index contributed by atoms with van der Waals surface area (Å²) in [6.45, 7) is 4.03. The molecule has 29 heavy (non-hydrogen) atoms. The number of rotatable bonds is 7. The fourth-order valence-corrected chi connectivity index (χ4v) is 3.24. The minimum Gasteiger partial charge on any atom is -0.449 e. The third-order valence-corrected chi connectivity index (χ3v) is 4.91. The zero-order valence-corrected chi connectivity index (χ0v) is 16.5. The molecule has 1 aromatic heterocycles. The van der Waals surface area contributed by atoms with Gasteiger partial charge in [-0.05, 0) is 25.0 Å². The Bertz CT molecular complexity index is 1060. The number of nitrogens with one attached hydrogen (secondary N) is 2. The average Bonchev–Trinajstić information content (AvgIpc) is 2.74. The van der Waals surface area contributed by atoms with Gasteiger partial charge in [-0.25, -0.2) is 4.79 Å². The average molecular weight is 392 g/mol. The van der Waals surface area contributed by atoms with Crippen molar-refractivity contribution < 1.29 is 14.3 Å². The summed E-state index contributed by atoms with van der Waals surface area (Å²) in [7, 11) is 0. The number of aromatic nitrogens is 1. The van der Waals surface area contributed by atoms with Crippen molar-refractivity contribution in [3.63, 3.8) is 0 Å². The van der Waals surface area contributed by atoms with E-state index in [1.807, 2.05) is 30.3 Å². The Morgan fingerprint density at radius 2 is 1.76 bits per heavy atom. The van der Waals surface area contributed by atoms with Crippen molar-refractivity contribution in [1.29, 1.82) is 0 Å². The monoisotopic (exact) mass is 392 g/mol. The molecule has 1 heterocycles. The van der Waals surface area contributed by atoms with Crippen molar-refractivity contribution in [2.75, 3.05) is 6.54 Å². The summed E-state index contributed by atoms with van der Waals surface area (Å²) < 4.78 is 5.33. The van der Waals surface area contributed by atoms with Gasteiger partial charge in [0, 0.05) is 29.4 Å². The van der Waals surface area contributed by atoms with Crippen molar-refractivity contribution in [2.45, 2.75) is 32.3 Å². The molecular weight excluding hydrogens is 368 g/mol. The molecule has 2 atom stereocenters. The number of aromatic amines is 1. The smallest absolute Gasteiger partial charge is 0.339 e. The maximum atomic E-state index is 12.6. The number of esters is 1. The first kappa shape index (κ1) is 20.3. The van der Waals surface area contributed by atoms with Gasteiger partial charge in [0.2, 0.25) is 5.56 Å². The summed E-state index contributed by atoms with van der Waals surface area (Å²) in [5, 5.41) is 3.42. The molecular formula is C23H24N2O4. The summed E-state index contributed by atoms with van der Waals surface area (Å²) in [6, 6.07) is 18.1. The molecule has 1 amide bonds. The van der Waals surface area contributed by atoms with Crippen LogP contribution in [0.1, 0.15) is 42.1 Å². The van der Waals surface area contributed by atoms with Crippen molar-refractivity contribution in [3.8, 4) is 0 Å². The number of benzene rings is 2. The quantitative estimate of drug-likeness (QED) is 0.604. The Balaban J connectivity index is 1.65. The SMILES string of the molecule is CC[C@H](CNC(=O)[C@@H](C)OC(=O)c1cc(=O)[nH]c2ccccc12)c1ccccc1. The molecule has 2 N–H and O–H groups in total. The molecule has 3 rings (SSSR count). The number of pyridine rings is 1. The van der Waals surface area contributed by atoms with Gasteiger partial charge < -0.3 is 15.0 Å². The highest BCUT2D eigenvalue weighted by Gasteiger charge is 2.21. The molecule has 2 aromatic carbocycles. The van der Waals surface area contributed by atoms with E-state index >= 15 is 0 Å². The lowest BCUT2D eigenvalue weighted by Gasteiger charge is -2.18. The van der Waals surface area contributed by atoms with E-state index in [9.17, 15) is 14.4 Å². The third-order valence-electron chi connectivity index (χ3n) is 4.91. The zero-order valence-electron chi connectivity index (χ0n) is 16.5. The first-order valence-electron chi connectivity index (χ1n) is 9.65. The van der Waals surface area contributed by atoms with E-state index in [1.165, 1.54) is 13.0 Å². The van der Waals surface area contributed by atoms with Gasteiger partial charge in [0.05, 0.1) is 5.56 Å². The highest BCUT2D eigenvalue weighted by Crippen LogP contribution is 2.18. The lowest BCUT2D eigenvalue weighted by molar-refractivity contribution is -0.129. The fourth-order valence-electron chi connectivity index (χ4n) is 3.24. The van der Waals surface area contributed by atoms with Gasteiger partial charge in [-0.3, -0.25) is 9.59 Å². The van der Waals surface area contributed by atoms with Crippen molar-refractivity contribution in [1.82, 2.24) is 10.3 Å². The number of carbonyl (C=O) groups is 2. The molecule has 0 unspecified atom stereocenters. The van der Waals surface area contributed by atoms with Crippen LogP contribution in [-0.4, -0.2) is 29.5 Å². The van der Waals surface area contributed by atoms with Gasteiger partial charge in [-0.15, -0.1) is 0 Å². The standard InChI is InChI=1S/C23H24N2O4/c1-3-16(17-9-5-4-6-10-17)14-24-22(27)15(2)29-23(28)19-13-21(26)25-20-12-8-7-11-18(19)20/h4-13,15-16H,3,14H2,1-2H3,(H,24,27)(H,25,26)/t15-,16-/m1/s1. The van der Waals surface area contributed by atoms with Crippen LogP contribution in [0.5, 0.6) is 0 Å². The molecule has 150 valence electrons. The molecule has 0 aliphatic heterocycles. The summed E-state index contributed by atoms with van der Waals surface area (Å²) >= 11 is 0. The van der Waals surface area contributed by atoms with Crippen molar-refractivity contribution >= 4 is 22.8 Å². The molecule has 6 nitrogen and oxygen atoms in total. The van der Waals surface area contributed by atoms with Crippen LogP contribution in [0, 0.1) is 0 Å². The molecule has 0 saturated heterocycles. The second kappa shape index (κ2) is 9.19. The maximum Gasteiger partial charge on any atom is 0.339 e. The van der Waals surface area contributed by atoms with Crippen molar-refractivity contribution in [2.24, 2.45) is 0 Å². The molecule has 0 aliphatic rings. The number of hydrogen-bond acceptors (Lipinski definition) is 4. The van der Waals surface area contributed by atoms with Gasteiger partial charge in [0.1, 0.15) is 0 Å².